The molecule has 0 amide bonds. The number of halogens is 2. The largest absolute Gasteiger partial charge is 0.525 e. The van der Waals surface area contributed by atoms with Gasteiger partial charge in [-0.2, -0.15) is 0 Å². The fraction of sp³-hybridized carbons (Fsp3) is 0.579. The van der Waals surface area contributed by atoms with E-state index >= 15 is 4.39 Å². The van der Waals surface area contributed by atoms with Gasteiger partial charge in [0.1, 0.15) is 11.5 Å². The zero-order chi connectivity index (χ0) is 18.8. The minimum Gasteiger partial charge on any atom is -0.398 e. The highest BCUT2D eigenvalue weighted by Gasteiger charge is 2.53. The van der Waals surface area contributed by atoms with E-state index in [0.29, 0.717) is 24.2 Å². The van der Waals surface area contributed by atoms with E-state index in [4.69, 9.17) is 14.0 Å². The smallest absolute Gasteiger partial charge is 0.398 e. The molecule has 1 aromatic carbocycles. The van der Waals surface area contributed by atoms with Gasteiger partial charge in [0.15, 0.2) is 0 Å². The van der Waals surface area contributed by atoms with Crippen LogP contribution in [-0.4, -0.2) is 31.0 Å². The molecule has 1 saturated heterocycles. The Morgan fingerprint density at radius 3 is 2.08 bits per heavy atom. The Morgan fingerprint density at radius 2 is 1.60 bits per heavy atom. The van der Waals surface area contributed by atoms with E-state index in [0.717, 1.165) is 0 Å². The fourth-order valence-electron chi connectivity index (χ4n) is 2.54. The maximum atomic E-state index is 15.3. The molecule has 1 heterocycles. The van der Waals surface area contributed by atoms with Gasteiger partial charge in [-0.25, -0.2) is 8.78 Å². The van der Waals surface area contributed by atoms with Crippen molar-refractivity contribution in [1.82, 2.24) is 0 Å². The highest BCUT2D eigenvalue weighted by Crippen LogP contribution is 2.40. The third-order valence-corrected chi connectivity index (χ3v) is 4.74. The van der Waals surface area contributed by atoms with Crippen LogP contribution in [0.5, 0.6) is 0 Å². The van der Waals surface area contributed by atoms with Crippen LogP contribution < -0.4 is 0 Å². The third kappa shape index (κ3) is 4.69. The van der Waals surface area contributed by atoms with Crippen molar-refractivity contribution in [3.63, 3.8) is 0 Å². The highest BCUT2D eigenvalue weighted by atomic mass is 19.1. The van der Waals surface area contributed by atoms with E-state index in [2.05, 4.69) is 0 Å². The van der Waals surface area contributed by atoms with Crippen molar-refractivity contribution in [2.75, 3.05) is 6.61 Å². The minimum atomic E-state index is -1.08. The number of hydrogen-bond donors (Lipinski definition) is 0. The molecule has 3 nitrogen and oxygen atoms in total. The second kappa shape index (κ2) is 7.56. The van der Waals surface area contributed by atoms with Crippen LogP contribution in [0.15, 0.2) is 30.0 Å². The van der Waals surface area contributed by atoms with Gasteiger partial charge in [0, 0.05) is 0 Å². The lowest BCUT2D eigenvalue weighted by Crippen LogP contribution is -2.41. The SMILES string of the molecule is CC(C)OCCC(=C(F)B1OC(C)(C)C(C)(C)O1)c1ccc(F)cc1. The van der Waals surface area contributed by atoms with Gasteiger partial charge in [-0.3, -0.25) is 0 Å². The van der Waals surface area contributed by atoms with Crippen LogP contribution in [-0.2, 0) is 14.0 Å². The lowest BCUT2D eigenvalue weighted by atomic mass is 9.82. The maximum Gasteiger partial charge on any atom is 0.525 e. The number of ether oxygens (including phenoxy) is 1. The molecule has 1 aliphatic rings. The Hall–Kier alpha value is -1.24. The van der Waals surface area contributed by atoms with Gasteiger partial charge >= 0.3 is 7.12 Å². The summed E-state index contributed by atoms with van der Waals surface area (Å²) in [5.74, 6) is -0.363. The summed E-state index contributed by atoms with van der Waals surface area (Å²) in [6, 6.07) is 5.75. The van der Waals surface area contributed by atoms with Gasteiger partial charge in [0.2, 0.25) is 0 Å². The normalized spacial score (nSPS) is 20.1. The molecule has 0 atom stereocenters. The molecule has 0 saturated carbocycles. The van der Waals surface area contributed by atoms with Crippen molar-refractivity contribution in [3.8, 4) is 0 Å². The van der Waals surface area contributed by atoms with E-state index in [1.165, 1.54) is 12.1 Å². The van der Waals surface area contributed by atoms with Crippen molar-refractivity contribution in [2.24, 2.45) is 0 Å². The Kier molecular flexibility index (Phi) is 6.07. The van der Waals surface area contributed by atoms with Crippen LogP contribution in [0.2, 0.25) is 0 Å². The number of hydrogen-bond acceptors (Lipinski definition) is 3. The Balaban J connectivity index is 2.32. The Bertz CT molecular complexity index is 608. The fourth-order valence-corrected chi connectivity index (χ4v) is 2.54. The zero-order valence-corrected chi connectivity index (χ0v) is 15.9. The van der Waals surface area contributed by atoms with Crippen LogP contribution >= 0.6 is 0 Å². The predicted octanol–water partition coefficient (Wildman–Crippen LogP) is 4.95. The van der Waals surface area contributed by atoms with Gasteiger partial charge in [0.25, 0.3) is 0 Å². The average molecular weight is 352 g/mol. The molecule has 0 aromatic heterocycles. The van der Waals surface area contributed by atoms with E-state index < -0.39 is 24.0 Å². The minimum absolute atomic E-state index is 0.0503. The summed E-state index contributed by atoms with van der Waals surface area (Å²) in [4.78, 5) is 0. The first-order valence-corrected chi connectivity index (χ1v) is 8.65. The monoisotopic (exact) mass is 352 g/mol. The molecule has 6 heteroatoms. The molecular weight excluding hydrogens is 325 g/mol. The molecule has 25 heavy (non-hydrogen) atoms. The number of rotatable bonds is 6. The summed E-state index contributed by atoms with van der Waals surface area (Å²) >= 11 is 0. The second-order valence-corrected chi connectivity index (χ2v) is 7.59. The Morgan fingerprint density at radius 1 is 1.08 bits per heavy atom. The van der Waals surface area contributed by atoms with Gasteiger partial charge in [-0.15, -0.1) is 0 Å². The molecule has 0 unspecified atom stereocenters. The lowest BCUT2D eigenvalue weighted by Gasteiger charge is -2.32. The summed E-state index contributed by atoms with van der Waals surface area (Å²) in [5, 5.41) is 0. The van der Waals surface area contributed by atoms with Crippen LogP contribution in [0.4, 0.5) is 8.78 Å². The highest BCUT2D eigenvalue weighted by molar-refractivity contribution is 6.55. The average Bonchev–Trinajstić information content (AvgIpc) is 2.72. The van der Waals surface area contributed by atoms with E-state index in [-0.39, 0.29) is 11.9 Å². The van der Waals surface area contributed by atoms with Crippen molar-refractivity contribution in [2.45, 2.75) is 65.3 Å². The van der Waals surface area contributed by atoms with Crippen LogP contribution in [0, 0.1) is 5.82 Å². The van der Waals surface area contributed by atoms with Gasteiger partial charge in [0.05, 0.1) is 23.9 Å². The van der Waals surface area contributed by atoms with Crippen LogP contribution in [0.1, 0.15) is 53.5 Å². The summed E-state index contributed by atoms with van der Waals surface area (Å²) in [7, 11) is -1.08. The summed E-state index contributed by atoms with van der Waals surface area (Å²) < 4.78 is 45.7. The first-order valence-electron chi connectivity index (χ1n) is 8.65. The molecule has 0 aliphatic carbocycles. The molecule has 1 aromatic rings. The van der Waals surface area contributed by atoms with Crippen molar-refractivity contribution in [1.29, 1.82) is 0 Å². The van der Waals surface area contributed by atoms with Crippen molar-refractivity contribution < 1.29 is 22.8 Å². The first kappa shape index (κ1) is 20.1. The molecule has 1 aliphatic heterocycles. The summed E-state index contributed by atoms with van der Waals surface area (Å²) in [6.07, 6.45) is 0.397. The standard InChI is InChI=1S/C19H27BF2O3/c1-13(2)23-12-11-16(14-7-9-15(21)10-8-14)17(22)20-24-18(3,4)19(5,6)25-20/h7-10,13H,11-12H2,1-6H3. The molecule has 138 valence electrons. The van der Waals surface area contributed by atoms with Gasteiger partial charge < -0.3 is 14.0 Å². The number of benzene rings is 1. The van der Waals surface area contributed by atoms with Crippen molar-refractivity contribution in [3.05, 3.63) is 41.4 Å². The van der Waals surface area contributed by atoms with Gasteiger partial charge in [-0.05, 0) is 71.2 Å². The van der Waals surface area contributed by atoms with Crippen LogP contribution in [0.25, 0.3) is 5.57 Å². The third-order valence-electron chi connectivity index (χ3n) is 4.74. The molecule has 0 radical (unpaired) electrons. The summed E-state index contributed by atoms with van der Waals surface area (Å²) in [6.45, 7) is 11.7. The van der Waals surface area contributed by atoms with E-state index in [1.54, 1.807) is 12.1 Å². The topological polar surface area (TPSA) is 27.7 Å². The molecule has 0 bridgehead atoms. The van der Waals surface area contributed by atoms with Crippen molar-refractivity contribution >= 4 is 12.7 Å². The lowest BCUT2D eigenvalue weighted by molar-refractivity contribution is 0.00578. The second-order valence-electron chi connectivity index (χ2n) is 7.59. The molecular formula is C19H27BF2O3. The van der Waals surface area contributed by atoms with Gasteiger partial charge in [-0.1, -0.05) is 12.1 Å². The molecule has 1 fully saturated rings. The van der Waals surface area contributed by atoms with E-state index in [9.17, 15) is 4.39 Å². The predicted molar refractivity (Wildman–Crippen MR) is 96.2 cm³/mol. The molecule has 0 N–H and O–H groups in total. The quantitative estimate of drug-likeness (QED) is 0.678. The van der Waals surface area contributed by atoms with E-state index in [1.807, 2.05) is 41.5 Å². The Labute approximate surface area is 149 Å². The molecule has 0 spiro atoms. The molecule has 2 rings (SSSR count). The zero-order valence-electron chi connectivity index (χ0n) is 15.9. The van der Waals surface area contributed by atoms with Crippen LogP contribution in [0.3, 0.4) is 0 Å². The summed E-state index contributed by atoms with van der Waals surface area (Å²) in [5.41, 5.74) is -0.730. The maximum absolute atomic E-state index is 15.3. The first-order chi connectivity index (χ1) is 11.5.